The summed E-state index contributed by atoms with van der Waals surface area (Å²) >= 11 is 0. The lowest BCUT2D eigenvalue weighted by Gasteiger charge is -2.33. The van der Waals surface area contributed by atoms with Gasteiger partial charge in [-0.25, -0.2) is 0 Å². The van der Waals surface area contributed by atoms with Gasteiger partial charge in [0, 0.05) is 25.5 Å². The Bertz CT molecular complexity index is 869. The molecule has 5 atom stereocenters. The summed E-state index contributed by atoms with van der Waals surface area (Å²) in [6.07, 6.45) is 1.85. The van der Waals surface area contributed by atoms with Crippen molar-refractivity contribution in [2.45, 2.75) is 31.3 Å². The third-order valence-corrected chi connectivity index (χ3v) is 6.98. The number of aryl methyl sites for hydroxylation is 1. The number of quaternary nitrogens is 1. The van der Waals surface area contributed by atoms with E-state index in [4.69, 9.17) is 4.74 Å². The molecule has 0 radical (unpaired) electrons. The third-order valence-electron chi connectivity index (χ3n) is 6.98. The number of nitrogens with one attached hydrogen (secondary N) is 2. The molecule has 4 aliphatic rings. The first-order valence-electron chi connectivity index (χ1n) is 9.64. The van der Waals surface area contributed by atoms with Gasteiger partial charge in [0.25, 0.3) is 5.91 Å². The maximum absolute atomic E-state index is 13.4. The van der Waals surface area contributed by atoms with Crippen LogP contribution in [-0.2, 0) is 24.7 Å². The van der Waals surface area contributed by atoms with Crippen LogP contribution in [-0.4, -0.2) is 55.5 Å². The van der Waals surface area contributed by atoms with Gasteiger partial charge in [0.2, 0.25) is 17.4 Å². The van der Waals surface area contributed by atoms with E-state index in [0.717, 1.165) is 41.1 Å². The van der Waals surface area contributed by atoms with Crippen LogP contribution < -0.4 is 10.2 Å². The second-order valence-electron chi connectivity index (χ2n) is 8.16. The number of benzene rings is 1. The van der Waals surface area contributed by atoms with Crippen molar-refractivity contribution in [3.05, 3.63) is 29.3 Å². The van der Waals surface area contributed by atoms with Crippen LogP contribution in [0.2, 0.25) is 0 Å². The van der Waals surface area contributed by atoms with Gasteiger partial charge in [0.15, 0.2) is 0 Å². The number of ether oxygens (including phenoxy) is 1. The van der Waals surface area contributed by atoms with E-state index >= 15 is 0 Å². The fourth-order valence-corrected chi connectivity index (χ4v) is 6.04. The van der Waals surface area contributed by atoms with Gasteiger partial charge in [0.1, 0.15) is 17.9 Å². The van der Waals surface area contributed by atoms with Crippen molar-refractivity contribution in [3.63, 3.8) is 0 Å². The van der Waals surface area contributed by atoms with Gasteiger partial charge in [-0.05, 0) is 19.1 Å². The Morgan fingerprint density at radius 1 is 1.30 bits per heavy atom. The summed E-state index contributed by atoms with van der Waals surface area (Å²) in [4.78, 5) is 42.4. The van der Waals surface area contributed by atoms with Crippen molar-refractivity contribution in [2.24, 2.45) is 11.8 Å². The van der Waals surface area contributed by atoms with Crippen LogP contribution in [0.15, 0.2) is 18.2 Å². The zero-order valence-corrected chi connectivity index (χ0v) is 15.6. The van der Waals surface area contributed by atoms with Gasteiger partial charge in [-0.2, -0.15) is 0 Å². The van der Waals surface area contributed by atoms with Crippen LogP contribution in [0.3, 0.4) is 0 Å². The van der Waals surface area contributed by atoms with Crippen LogP contribution >= 0.6 is 0 Å². The van der Waals surface area contributed by atoms with Gasteiger partial charge in [-0.1, -0.05) is 11.6 Å². The Balaban J connectivity index is 1.69. The maximum atomic E-state index is 13.4. The molecule has 142 valence electrons. The van der Waals surface area contributed by atoms with Crippen LogP contribution in [0.25, 0.3) is 0 Å². The Morgan fingerprint density at radius 3 is 2.89 bits per heavy atom. The monoisotopic (exact) mass is 370 g/mol. The van der Waals surface area contributed by atoms with Crippen molar-refractivity contribution in [1.29, 1.82) is 0 Å². The van der Waals surface area contributed by atoms with E-state index in [1.165, 1.54) is 4.90 Å². The highest BCUT2D eigenvalue weighted by Gasteiger charge is 2.78. The largest absolute Gasteiger partial charge is 0.383 e. The Hall–Kier alpha value is -2.25. The fourth-order valence-electron chi connectivity index (χ4n) is 6.04. The van der Waals surface area contributed by atoms with E-state index in [9.17, 15) is 14.4 Å². The van der Waals surface area contributed by atoms with Gasteiger partial charge in [-0.3, -0.25) is 19.3 Å². The standard InChI is InChI=1S/C20H23N3O4/c1-11-5-6-13-12(10-11)20(19(26)21-13)16-15(14-4-3-7-23(14)20)17(24)22(18(16)25)8-9-27-2/h5-6,10,14-16H,3-4,7-9H2,1-2H3,(H,21,26)/p+1/t14-,15-,16+,20-/m1/s1. The summed E-state index contributed by atoms with van der Waals surface area (Å²) in [6.45, 7) is 3.37. The second-order valence-corrected chi connectivity index (χ2v) is 8.16. The zero-order chi connectivity index (χ0) is 18.9. The summed E-state index contributed by atoms with van der Waals surface area (Å²) in [7, 11) is 1.56. The second kappa shape index (κ2) is 5.62. The molecule has 3 amide bonds. The molecule has 1 spiro atoms. The summed E-state index contributed by atoms with van der Waals surface area (Å²) < 4.78 is 5.09. The van der Waals surface area contributed by atoms with E-state index in [2.05, 4.69) is 5.32 Å². The number of likely N-dealkylation sites (tertiary alicyclic amines) is 1. The number of methoxy groups -OCH3 is 1. The molecule has 3 saturated heterocycles. The highest BCUT2D eigenvalue weighted by atomic mass is 16.5. The molecule has 0 aromatic heterocycles. The number of carbonyl (C=O) groups is 3. The van der Waals surface area contributed by atoms with Crippen LogP contribution in [0, 0.1) is 18.8 Å². The summed E-state index contributed by atoms with van der Waals surface area (Å²) in [5.41, 5.74) is 1.73. The number of amides is 3. The molecule has 0 bridgehead atoms. The molecule has 7 heteroatoms. The zero-order valence-electron chi connectivity index (χ0n) is 15.6. The number of hydrogen-bond donors (Lipinski definition) is 2. The SMILES string of the molecule is COCCN1C(=O)[C@@H]2[C@H]3CCC[NH+]3[C@@]3(C(=O)Nc4ccc(C)cc43)[C@@H]2C1=O. The minimum atomic E-state index is -0.984. The summed E-state index contributed by atoms with van der Waals surface area (Å²) in [5, 5.41) is 3.01. The maximum Gasteiger partial charge on any atom is 0.291 e. The van der Waals surface area contributed by atoms with Crippen molar-refractivity contribution in [3.8, 4) is 0 Å². The first-order valence-corrected chi connectivity index (χ1v) is 9.64. The van der Waals surface area contributed by atoms with Gasteiger partial charge >= 0.3 is 0 Å². The lowest BCUT2D eigenvalue weighted by molar-refractivity contribution is -0.948. The molecule has 27 heavy (non-hydrogen) atoms. The molecule has 0 aliphatic carbocycles. The quantitative estimate of drug-likeness (QED) is 0.700. The molecule has 1 unspecified atom stereocenters. The van der Waals surface area contributed by atoms with E-state index in [-0.39, 0.29) is 30.3 Å². The number of carbonyl (C=O) groups excluding carboxylic acids is 3. The van der Waals surface area contributed by atoms with Gasteiger partial charge in [-0.15, -0.1) is 0 Å². The molecule has 3 fully saturated rings. The Morgan fingerprint density at radius 2 is 2.11 bits per heavy atom. The molecule has 1 aromatic carbocycles. The fraction of sp³-hybridized carbons (Fsp3) is 0.550. The van der Waals surface area contributed by atoms with Crippen molar-refractivity contribution < 1.29 is 24.0 Å². The lowest BCUT2D eigenvalue weighted by Crippen LogP contribution is -3.19. The topological polar surface area (TPSA) is 80.2 Å². The molecular weight excluding hydrogens is 346 g/mol. The first kappa shape index (κ1) is 16.9. The molecule has 2 N–H and O–H groups in total. The van der Waals surface area contributed by atoms with Crippen molar-refractivity contribution in [2.75, 3.05) is 32.1 Å². The van der Waals surface area contributed by atoms with E-state index in [1.54, 1.807) is 7.11 Å². The lowest BCUT2D eigenvalue weighted by atomic mass is 9.75. The van der Waals surface area contributed by atoms with Gasteiger partial charge in [0.05, 0.1) is 25.4 Å². The number of rotatable bonds is 3. The van der Waals surface area contributed by atoms with E-state index in [0.29, 0.717) is 6.61 Å². The number of hydrogen-bond acceptors (Lipinski definition) is 4. The molecule has 7 nitrogen and oxygen atoms in total. The molecule has 1 aromatic rings. The van der Waals surface area contributed by atoms with Gasteiger partial charge < -0.3 is 15.0 Å². The number of fused-ring (bicyclic) bond motifs is 7. The molecule has 4 heterocycles. The van der Waals surface area contributed by atoms with Crippen molar-refractivity contribution in [1.82, 2.24) is 4.90 Å². The molecule has 0 saturated carbocycles. The van der Waals surface area contributed by atoms with Crippen LogP contribution in [0.5, 0.6) is 0 Å². The highest BCUT2D eigenvalue weighted by molar-refractivity contribution is 6.14. The number of imide groups is 1. The average Bonchev–Trinajstić information content (AvgIpc) is 3.33. The highest BCUT2D eigenvalue weighted by Crippen LogP contribution is 2.51. The molecule has 5 rings (SSSR count). The number of anilines is 1. The van der Waals surface area contributed by atoms with Crippen molar-refractivity contribution >= 4 is 23.4 Å². The molecule has 4 aliphatic heterocycles. The minimum absolute atomic E-state index is 0.0243. The Kier molecular flexibility index (Phi) is 3.52. The smallest absolute Gasteiger partial charge is 0.291 e. The normalized spacial score (nSPS) is 36.4. The molecular formula is C20H24N3O4+. The summed E-state index contributed by atoms with van der Waals surface area (Å²) in [5.74, 6) is -1.51. The van der Waals surface area contributed by atoms with Crippen LogP contribution in [0.1, 0.15) is 24.0 Å². The van der Waals surface area contributed by atoms with E-state index in [1.807, 2.05) is 25.1 Å². The minimum Gasteiger partial charge on any atom is -0.383 e. The average molecular weight is 370 g/mol. The first-order chi connectivity index (χ1) is 13.0. The summed E-state index contributed by atoms with van der Waals surface area (Å²) in [6, 6.07) is 5.93. The predicted molar refractivity (Wildman–Crippen MR) is 95.9 cm³/mol. The van der Waals surface area contributed by atoms with E-state index < -0.39 is 17.4 Å². The predicted octanol–water partition coefficient (Wildman–Crippen LogP) is -0.549. The third kappa shape index (κ3) is 1.91. The number of nitrogens with zero attached hydrogens (tertiary/aromatic N) is 1. The van der Waals surface area contributed by atoms with Crippen LogP contribution in [0.4, 0.5) is 5.69 Å². The Labute approximate surface area is 157 Å².